The first-order valence-electron chi connectivity index (χ1n) is 6.66. The number of ether oxygens (including phenoxy) is 2. The highest BCUT2D eigenvalue weighted by Crippen LogP contribution is 2.36. The van der Waals surface area contributed by atoms with Crippen molar-refractivity contribution in [1.29, 1.82) is 0 Å². The summed E-state index contributed by atoms with van der Waals surface area (Å²) in [7, 11) is 5.13. The minimum atomic E-state index is 0.708. The number of aromatic nitrogens is 2. The molecule has 0 aliphatic carbocycles. The fraction of sp³-hybridized carbons (Fsp3) is 0.400. The Labute approximate surface area is 119 Å². The molecular formula is C15H21N3O2. The Kier molecular flexibility index (Phi) is 4.17. The highest BCUT2D eigenvalue weighted by molar-refractivity contribution is 5.74. The van der Waals surface area contributed by atoms with Crippen LogP contribution in [0.5, 0.6) is 11.5 Å². The maximum Gasteiger partial charge on any atom is 0.132 e. The van der Waals surface area contributed by atoms with Gasteiger partial charge in [0.2, 0.25) is 0 Å². The Hall–Kier alpha value is -2.17. The lowest BCUT2D eigenvalue weighted by atomic mass is 10.0. The van der Waals surface area contributed by atoms with Crippen molar-refractivity contribution in [3.63, 3.8) is 0 Å². The molecule has 0 saturated carbocycles. The topological polar surface area (TPSA) is 62.3 Å². The van der Waals surface area contributed by atoms with Gasteiger partial charge in [0.25, 0.3) is 0 Å². The van der Waals surface area contributed by atoms with Crippen LogP contribution in [-0.4, -0.2) is 24.0 Å². The number of aryl methyl sites for hydroxylation is 1. The van der Waals surface area contributed by atoms with E-state index < -0.39 is 0 Å². The summed E-state index contributed by atoms with van der Waals surface area (Å²) in [6.45, 7) is 2.13. The zero-order valence-corrected chi connectivity index (χ0v) is 12.4. The fourth-order valence-electron chi connectivity index (χ4n) is 2.29. The van der Waals surface area contributed by atoms with Crippen molar-refractivity contribution in [3.8, 4) is 22.8 Å². The van der Waals surface area contributed by atoms with Crippen LogP contribution in [0.15, 0.2) is 18.2 Å². The Balaban J connectivity index is 2.58. The normalized spacial score (nSPS) is 10.6. The van der Waals surface area contributed by atoms with Gasteiger partial charge in [0.1, 0.15) is 23.0 Å². The number of nitrogens with two attached hydrogens (primary N) is 1. The van der Waals surface area contributed by atoms with Crippen LogP contribution in [0.2, 0.25) is 0 Å². The number of hydrogen-bond donors (Lipinski definition) is 1. The monoisotopic (exact) mass is 275 g/mol. The lowest BCUT2D eigenvalue weighted by Crippen LogP contribution is -1.99. The zero-order chi connectivity index (χ0) is 14.7. The largest absolute Gasteiger partial charge is 0.497 e. The Morgan fingerprint density at radius 3 is 2.60 bits per heavy atom. The number of anilines is 1. The Morgan fingerprint density at radius 2 is 2.00 bits per heavy atom. The third kappa shape index (κ3) is 2.43. The molecule has 0 unspecified atom stereocenters. The molecule has 0 fully saturated rings. The van der Waals surface area contributed by atoms with Gasteiger partial charge in [-0.15, -0.1) is 0 Å². The van der Waals surface area contributed by atoms with Crippen LogP contribution in [-0.2, 0) is 13.5 Å². The first kappa shape index (κ1) is 14.2. The van der Waals surface area contributed by atoms with Gasteiger partial charge in [-0.3, -0.25) is 4.68 Å². The summed E-state index contributed by atoms with van der Waals surface area (Å²) >= 11 is 0. The summed E-state index contributed by atoms with van der Waals surface area (Å²) in [6.07, 6.45) is 1.91. The van der Waals surface area contributed by atoms with Crippen LogP contribution in [0.4, 0.5) is 5.82 Å². The second kappa shape index (κ2) is 5.86. The van der Waals surface area contributed by atoms with Crippen LogP contribution < -0.4 is 15.2 Å². The van der Waals surface area contributed by atoms with E-state index in [1.54, 1.807) is 18.9 Å². The maximum atomic E-state index is 6.11. The third-order valence-electron chi connectivity index (χ3n) is 3.36. The molecule has 0 bridgehead atoms. The van der Waals surface area contributed by atoms with Crippen molar-refractivity contribution in [2.24, 2.45) is 7.05 Å². The number of rotatable bonds is 5. The highest BCUT2D eigenvalue weighted by Gasteiger charge is 2.18. The molecule has 1 aromatic carbocycles. The van der Waals surface area contributed by atoms with Crippen molar-refractivity contribution >= 4 is 5.82 Å². The number of methoxy groups -OCH3 is 2. The lowest BCUT2D eigenvalue weighted by molar-refractivity contribution is 0.395. The molecule has 1 heterocycles. The van der Waals surface area contributed by atoms with Gasteiger partial charge in [0.15, 0.2) is 0 Å². The van der Waals surface area contributed by atoms with E-state index in [9.17, 15) is 0 Å². The molecule has 2 rings (SSSR count). The second-order valence-electron chi connectivity index (χ2n) is 4.65. The summed E-state index contributed by atoms with van der Waals surface area (Å²) in [4.78, 5) is 0. The quantitative estimate of drug-likeness (QED) is 0.911. The molecule has 0 aliphatic rings. The van der Waals surface area contributed by atoms with Crippen LogP contribution in [0.25, 0.3) is 11.3 Å². The first-order chi connectivity index (χ1) is 9.62. The predicted octanol–water partition coefficient (Wildman–Crippen LogP) is 2.64. The van der Waals surface area contributed by atoms with Crippen molar-refractivity contribution in [1.82, 2.24) is 9.78 Å². The maximum absolute atomic E-state index is 6.11. The van der Waals surface area contributed by atoms with E-state index in [0.717, 1.165) is 41.2 Å². The molecule has 20 heavy (non-hydrogen) atoms. The SMILES string of the molecule is CCCc1c(-c2ccc(OC)cc2OC)nn(C)c1N. The Morgan fingerprint density at radius 1 is 1.25 bits per heavy atom. The van der Waals surface area contributed by atoms with Gasteiger partial charge in [0.05, 0.1) is 14.2 Å². The van der Waals surface area contributed by atoms with E-state index >= 15 is 0 Å². The molecule has 0 saturated heterocycles. The second-order valence-corrected chi connectivity index (χ2v) is 4.65. The van der Waals surface area contributed by atoms with Gasteiger partial charge in [-0.2, -0.15) is 5.10 Å². The molecule has 2 aromatic rings. The van der Waals surface area contributed by atoms with E-state index in [1.165, 1.54) is 0 Å². The summed E-state index contributed by atoms with van der Waals surface area (Å²) in [5.41, 5.74) is 8.99. The summed E-state index contributed by atoms with van der Waals surface area (Å²) in [5.74, 6) is 2.20. The summed E-state index contributed by atoms with van der Waals surface area (Å²) < 4.78 is 12.4. The van der Waals surface area contributed by atoms with Crippen molar-refractivity contribution in [3.05, 3.63) is 23.8 Å². The van der Waals surface area contributed by atoms with Crippen LogP contribution in [0, 0.1) is 0 Å². The minimum absolute atomic E-state index is 0.708. The minimum Gasteiger partial charge on any atom is -0.497 e. The van der Waals surface area contributed by atoms with Gasteiger partial charge in [-0.1, -0.05) is 13.3 Å². The van der Waals surface area contributed by atoms with Gasteiger partial charge < -0.3 is 15.2 Å². The molecule has 0 amide bonds. The molecule has 5 nitrogen and oxygen atoms in total. The van der Waals surface area contributed by atoms with Crippen LogP contribution in [0.1, 0.15) is 18.9 Å². The summed E-state index contributed by atoms with van der Waals surface area (Å²) in [6, 6.07) is 5.72. The fourth-order valence-corrected chi connectivity index (χ4v) is 2.29. The first-order valence-corrected chi connectivity index (χ1v) is 6.66. The lowest BCUT2D eigenvalue weighted by Gasteiger charge is -2.10. The van der Waals surface area contributed by atoms with Crippen LogP contribution >= 0.6 is 0 Å². The van der Waals surface area contributed by atoms with Gasteiger partial charge in [-0.05, 0) is 18.6 Å². The van der Waals surface area contributed by atoms with E-state index in [1.807, 2.05) is 25.2 Å². The number of nitrogens with zero attached hydrogens (tertiary/aromatic N) is 2. The van der Waals surface area contributed by atoms with Crippen molar-refractivity contribution in [2.45, 2.75) is 19.8 Å². The van der Waals surface area contributed by atoms with Gasteiger partial charge in [0, 0.05) is 24.2 Å². The number of benzene rings is 1. The number of hydrogen-bond acceptors (Lipinski definition) is 4. The molecule has 108 valence electrons. The van der Waals surface area contributed by atoms with E-state index in [2.05, 4.69) is 12.0 Å². The molecule has 0 spiro atoms. The van der Waals surface area contributed by atoms with E-state index in [4.69, 9.17) is 15.2 Å². The molecule has 2 N–H and O–H groups in total. The predicted molar refractivity (Wildman–Crippen MR) is 80.2 cm³/mol. The Bertz CT molecular complexity index is 605. The van der Waals surface area contributed by atoms with Crippen LogP contribution in [0.3, 0.4) is 0 Å². The van der Waals surface area contributed by atoms with Gasteiger partial charge >= 0.3 is 0 Å². The molecule has 0 atom stereocenters. The molecule has 1 aromatic heterocycles. The highest BCUT2D eigenvalue weighted by atomic mass is 16.5. The molecule has 5 heteroatoms. The van der Waals surface area contributed by atoms with Gasteiger partial charge in [-0.25, -0.2) is 0 Å². The molecular weight excluding hydrogens is 254 g/mol. The molecule has 0 radical (unpaired) electrons. The third-order valence-corrected chi connectivity index (χ3v) is 3.36. The number of nitrogen functional groups attached to an aromatic ring is 1. The zero-order valence-electron chi connectivity index (χ0n) is 12.4. The van der Waals surface area contributed by atoms with E-state index in [-0.39, 0.29) is 0 Å². The standard InChI is InChI=1S/C15H21N3O2/c1-5-6-12-14(17-18(2)15(12)16)11-8-7-10(19-3)9-13(11)20-4/h7-9H,5-6,16H2,1-4H3. The van der Waals surface area contributed by atoms with E-state index in [0.29, 0.717) is 5.82 Å². The van der Waals surface area contributed by atoms with Crippen molar-refractivity contribution < 1.29 is 9.47 Å². The average Bonchev–Trinajstić information content (AvgIpc) is 2.75. The van der Waals surface area contributed by atoms with Crippen molar-refractivity contribution in [2.75, 3.05) is 20.0 Å². The smallest absolute Gasteiger partial charge is 0.132 e. The average molecular weight is 275 g/mol. The molecule has 0 aliphatic heterocycles. The summed E-state index contributed by atoms with van der Waals surface area (Å²) in [5, 5.41) is 4.53.